The van der Waals surface area contributed by atoms with E-state index in [-0.39, 0.29) is 5.91 Å². The fourth-order valence-corrected chi connectivity index (χ4v) is 3.83. The molecule has 2 aliphatic rings. The van der Waals surface area contributed by atoms with Crippen molar-refractivity contribution in [1.82, 2.24) is 4.90 Å². The zero-order valence-corrected chi connectivity index (χ0v) is 18.0. The van der Waals surface area contributed by atoms with E-state index in [1.54, 1.807) is 54.3 Å². The summed E-state index contributed by atoms with van der Waals surface area (Å²) in [5, 5.41) is 6.07. The molecule has 2 heterocycles. The monoisotopic (exact) mass is 444 g/mol. The molecule has 0 spiro atoms. The van der Waals surface area contributed by atoms with Crippen LogP contribution in [0.1, 0.15) is 6.92 Å². The molecule has 2 N–H and O–H groups in total. The molecule has 2 aliphatic heterocycles. The van der Waals surface area contributed by atoms with E-state index in [2.05, 4.69) is 15.5 Å². The summed E-state index contributed by atoms with van der Waals surface area (Å²) in [4.78, 5) is 29.2. The maximum absolute atomic E-state index is 12.8. The van der Waals surface area contributed by atoms with E-state index in [1.807, 2.05) is 0 Å². The van der Waals surface area contributed by atoms with Gasteiger partial charge in [-0.05, 0) is 43.3 Å². The van der Waals surface area contributed by atoms with Crippen LogP contribution in [0.5, 0.6) is 5.75 Å². The van der Waals surface area contributed by atoms with Gasteiger partial charge in [-0.15, -0.1) is 0 Å². The Balaban J connectivity index is 1.47. The zero-order chi connectivity index (χ0) is 21.8. The molecule has 164 valence electrons. The Morgan fingerprint density at radius 1 is 1.10 bits per heavy atom. The number of rotatable bonds is 5. The number of nitrogens with one attached hydrogen (secondary N) is 2. The third-order valence-corrected chi connectivity index (χ3v) is 5.49. The molecule has 1 fully saturated rings. The van der Waals surface area contributed by atoms with Crippen molar-refractivity contribution in [3.63, 3.8) is 0 Å². The molecule has 31 heavy (non-hydrogen) atoms. The van der Waals surface area contributed by atoms with E-state index < -0.39 is 12.1 Å². The molecule has 0 bridgehead atoms. The predicted octanol–water partition coefficient (Wildman–Crippen LogP) is 3.43. The van der Waals surface area contributed by atoms with Gasteiger partial charge in [0.1, 0.15) is 5.75 Å². The number of carbonyl (C=O) groups is 2. The van der Waals surface area contributed by atoms with Crippen LogP contribution in [0.3, 0.4) is 0 Å². The molecule has 1 unspecified atom stereocenters. The first kappa shape index (κ1) is 21.4. The number of halogens is 1. The van der Waals surface area contributed by atoms with Crippen LogP contribution in [0.15, 0.2) is 42.5 Å². The van der Waals surface area contributed by atoms with Crippen molar-refractivity contribution in [2.75, 3.05) is 54.9 Å². The molecule has 2 aromatic carbocycles. The average Bonchev–Trinajstić information content (AvgIpc) is 2.75. The highest BCUT2D eigenvalue weighted by Gasteiger charge is 2.32. The van der Waals surface area contributed by atoms with Crippen LogP contribution >= 0.6 is 11.6 Å². The first-order chi connectivity index (χ1) is 15.0. The number of hydrogen-bond acceptors (Lipinski definition) is 5. The smallest absolute Gasteiger partial charge is 0.323 e. The Kier molecular flexibility index (Phi) is 6.60. The number of ether oxygens (including phenoxy) is 2. The summed E-state index contributed by atoms with van der Waals surface area (Å²) < 4.78 is 11.2. The fraction of sp³-hybridized carbons (Fsp3) is 0.364. The van der Waals surface area contributed by atoms with Crippen LogP contribution in [-0.4, -0.2) is 62.3 Å². The van der Waals surface area contributed by atoms with Crippen molar-refractivity contribution in [3.05, 3.63) is 47.5 Å². The van der Waals surface area contributed by atoms with Gasteiger partial charge < -0.3 is 25.0 Å². The Hall–Kier alpha value is -2.81. The molecule has 2 aromatic rings. The summed E-state index contributed by atoms with van der Waals surface area (Å²) in [5.41, 5.74) is 1.79. The molecule has 4 rings (SSSR count). The molecule has 0 aliphatic carbocycles. The van der Waals surface area contributed by atoms with Crippen LogP contribution in [-0.2, 0) is 9.53 Å². The summed E-state index contributed by atoms with van der Waals surface area (Å²) in [6.07, 6.45) is -0.554. The van der Waals surface area contributed by atoms with Crippen LogP contribution < -0.4 is 20.3 Å². The van der Waals surface area contributed by atoms with Crippen LogP contribution in [0.4, 0.5) is 21.9 Å². The van der Waals surface area contributed by atoms with Gasteiger partial charge in [-0.2, -0.15) is 0 Å². The largest absolute Gasteiger partial charge is 0.479 e. The topological polar surface area (TPSA) is 83.1 Å². The lowest BCUT2D eigenvalue weighted by molar-refractivity contribution is -0.125. The maximum atomic E-state index is 12.8. The summed E-state index contributed by atoms with van der Waals surface area (Å²) in [6, 6.07) is 11.8. The molecule has 3 amide bonds. The minimum Gasteiger partial charge on any atom is -0.479 e. The number of fused-ring (bicyclic) bond motifs is 1. The molecule has 0 saturated carbocycles. The third-order valence-electron chi connectivity index (χ3n) is 5.25. The van der Waals surface area contributed by atoms with Crippen molar-refractivity contribution in [2.24, 2.45) is 0 Å². The van der Waals surface area contributed by atoms with Gasteiger partial charge in [-0.1, -0.05) is 17.7 Å². The highest BCUT2D eigenvalue weighted by molar-refractivity contribution is 6.30. The molecule has 8 nitrogen and oxygen atoms in total. The summed E-state index contributed by atoms with van der Waals surface area (Å²) >= 11 is 5.96. The van der Waals surface area contributed by atoms with E-state index in [4.69, 9.17) is 21.1 Å². The lowest BCUT2D eigenvalue weighted by Gasteiger charge is -2.35. The van der Waals surface area contributed by atoms with E-state index in [0.29, 0.717) is 47.6 Å². The van der Waals surface area contributed by atoms with Gasteiger partial charge in [0.25, 0.3) is 5.91 Å². The standard InChI is InChI=1S/C22H25ClN4O4/c1-15-21(28)27(8-7-26-9-11-30-12-10-26)19-14-18(5-6-20(19)31-15)25-22(29)24-17-4-2-3-16(23)13-17/h2-6,13-15H,7-12H2,1H3,(H2,24,25,29). The Bertz CT molecular complexity index is 964. The minimum absolute atomic E-state index is 0.0960. The Morgan fingerprint density at radius 3 is 2.58 bits per heavy atom. The maximum Gasteiger partial charge on any atom is 0.323 e. The molecule has 1 atom stereocenters. The first-order valence-corrected chi connectivity index (χ1v) is 10.6. The number of benzene rings is 2. The molecule has 0 radical (unpaired) electrons. The number of hydrogen-bond donors (Lipinski definition) is 2. The highest BCUT2D eigenvalue weighted by Crippen LogP contribution is 2.36. The van der Waals surface area contributed by atoms with Crippen LogP contribution in [0.2, 0.25) is 5.02 Å². The summed E-state index contributed by atoms with van der Waals surface area (Å²) in [5.74, 6) is 0.524. The van der Waals surface area contributed by atoms with Crippen molar-refractivity contribution < 1.29 is 19.1 Å². The first-order valence-electron chi connectivity index (χ1n) is 10.3. The van der Waals surface area contributed by atoms with Gasteiger partial charge in [-0.3, -0.25) is 9.69 Å². The SMILES string of the molecule is CC1Oc2ccc(NC(=O)Nc3cccc(Cl)c3)cc2N(CCN2CCOCC2)C1=O. The quantitative estimate of drug-likeness (QED) is 0.738. The Morgan fingerprint density at radius 2 is 1.84 bits per heavy atom. The second-order valence-corrected chi connectivity index (χ2v) is 7.91. The molecule has 0 aromatic heterocycles. The van der Waals surface area contributed by atoms with Crippen molar-refractivity contribution in [2.45, 2.75) is 13.0 Å². The van der Waals surface area contributed by atoms with Gasteiger partial charge in [0, 0.05) is 42.6 Å². The summed E-state index contributed by atoms with van der Waals surface area (Å²) in [6.45, 7) is 6.15. The number of morpholine rings is 1. The van der Waals surface area contributed by atoms with E-state index in [1.165, 1.54) is 0 Å². The van der Waals surface area contributed by atoms with Gasteiger partial charge >= 0.3 is 6.03 Å². The van der Waals surface area contributed by atoms with E-state index in [0.717, 1.165) is 19.6 Å². The molecular weight excluding hydrogens is 420 g/mol. The van der Waals surface area contributed by atoms with Gasteiger partial charge in [-0.25, -0.2) is 4.79 Å². The number of carbonyl (C=O) groups excluding carboxylic acids is 2. The second kappa shape index (κ2) is 9.55. The number of urea groups is 1. The number of anilines is 3. The molecule has 1 saturated heterocycles. The Labute approximate surface area is 186 Å². The van der Waals surface area contributed by atoms with Gasteiger partial charge in [0.15, 0.2) is 6.10 Å². The minimum atomic E-state index is -0.554. The van der Waals surface area contributed by atoms with Gasteiger partial charge in [0.2, 0.25) is 0 Å². The van der Waals surface area contributed by atoms with Crippen molar-refractivity contribution in [1.29, 1.82) is 0 Å². The average molecular weight is 445 g/mol. The lowest BCUT2D eigenvalue weighted by Crippen LogP contribution is -2.48. The number of amides is 3. The molecule has 9 heteroatoms. The van der Waals surface area contributed by atoms with Crippen molar-refractivity contribution in [3.8, 4) is 5.75 Å². The predicted molar refractivity (Wildman–Crippen MR) is 120 cm³/mol. The van der Waals surface area contributed by atoms with Crippen molar-refractivity contribution >= 4 is 40.6 Å². The highest BCUT2D eigenvalue weighted by atomic mass is 35.5. The summed E-state index contributed by atoms with van der Waals surface area (Å²) in [7, 11) is 0. The third kappa shape index (κ3) is 5.28. The number of nitrogens with zero attached hydrogens (tertiary/aromatic N) is 2. The van der Waals surface area contributed by atoms with E-state index in [9.17, 15) is 9.59 Å². The van der Waals surface area contributed by atoms with Crippen LogP contribution in [0.25, 0.3) is 0 Å². The lowest BCUT2D eigenvalue weighted by atomic mass is 10.1. The van der Waals surface area contributed by atoms with Gasteiger partial charge in [0.05, 0.1) is 18.9 Å². The fourth-order valence-electron chi connectivity index (χ4n) is 3.64. The normalized spacial score (nSPS) is 18.8. The zero-order valence-electron chi connectivity index (χ0n) is 17.3. The van der Waals surface area contributed by atoms with Crippen LogP contribution in [0, 0.1) is 0 Å². The molecular formula is C22H25ClN4O4. The second-order valence-electron chi connectivity index (χ2n) is 7.48. The van der Waals surface area contributed by atoms with E-state index >= 15 is 0 Å².